The van der Waals surface area contributed by atoms with Crippen LogP contribution in [0.1, 0.15) is 37.8 Å². The molecule has 1 N–H and O–H groups in total. The normalized spacial score (nSPS) is 11.5. The molecule has 0 atom stereocenters. The minimum Gasteiger partial charge on any atom is -0.352 e. The second kappa shape index (κ2) is 7.63. The molecule has 0 aliphatic carbocycles. The van der Waals surface area contributed by atoms with Crippen molar-refractivity contribution in [2.45, 2.75) is 46.6 Å². The number of carbonyl (C=O) groups is 1. The highest BCUT2D eigenvalue weighted by atomic mass is 32.2. The second-order valence-electron chi connectivity index (χ2n) is 5.62. The molecule has 1 aromatic rings. The molecule has 0 heterocycles. The summed E-state index contributed by atoms with van der Waals surface area (Å²) in [5, 5.41) is 2.87. The van der Waals surface area contributed by atoms with Gasteiger partial charge in [-0.25, -0.2) is 8.42 Å². The summed E-state index contributed by atoms with van der Waals surface area (Å²) >= 11 is 0. The van der Waals surface area contributed by atoms with Crippen LogP contribution in [0.4, 0.5) is 5.69 Å². The SMILES string of the molecule is CCC(CC)NC(=O)CN(c1ccc(C)c(C)c1)S(C)(=O)=O. The average molecular weight is 326 g/mol. The first-order valence-corrected chi connectivity index (χ1v) is 9.38. The lowest BCUT2D eigenvalue weighted by atomic mass is 10.1. The highest BCUT2D eigenvalue weighted by Crippen LogP contribution is 2.21. The fourth-order valence-electron chi connectivity index (χ4n) is 2.18. The third-order valence-electron chi connectivity index (χ3n) is 3.82. The largest absolute Gasteiger partial charge is 0.352 e. The van der Waals surface area contributed by atoms with Gasteiger partial charge in [0.25, 0.3) is 0 Å². The first-order chi connectivity index (χ1) is 10.2. The van der Waals surface area contributed by atoms with Crippen LogP contribution in [-0.2, 0) is 14.8 Å². The van der Waals surface area contributed by atoms with Gasteiger partial charge in [0, 0.05) is 6.04 Å². The predicted octanol–water partition coefficient (Wildman–Crippen LogP) is 2.37. The van der Waals surface area contributed by atoms with Crippen molar-refractivity contribution < 1.29 is 13.2 Å². The number of rotatable bonds is 7. The van der Waals surface area contributed by atoms with Crippen molar-refractivity contribution in [3.63, 3.8) is 0 Å². The monoisotopic (exact) mass is 326 g/mol. The molecule has 1 amide bonds. The van der Waals surface area contributed by atoms with Crippen LogP contribution in [0, 0.1) is 13.8 Å². The van der Waals surface area contributed by atoms with E-state index in [1.807, 2.05) is 33.8 Å². The fourth-order valence-corrected chi connectivity index (χ4v) is 3.03. The first kappa shape index (κ1) is 18.5. The Morgan fingerprint density at radius 1 is 1.18 bits per heavy atom. The van der Waals surface area contributed by atoms with Crippen molar-refractivity contribution in [1.29, 1.82) is 0 Å². The Labute approximate surface area is 133 Å². The Morgan fingerprint density at radius 2 is 1.77 bits per heavy atom. The van der Waals surface area contributed by atoms with E-state index in [0.29, 0.717) is 5.69 Å². The Kier molecular flexibility index (Phi) is 6.41. The van der Waals surface area contributed by atoms with Gasteiger partial charge < -0.3 is 5.32 Å². The van der Waals surface area contributed by atoms with E-state index in [1.165, 1.54) is 0 Å². The smallest absolute Gasteiger partial charge is 0.240 e. The Bertz CT molecular complexity index is 622. The second-order valence-corrected chi connectivity index (χ2v) is 7.53. The number of aryl methyl sites for hydroxylation is 2. The lowest BCUT2D eigenvalue weighted by Gasteiger charge is -2.24. The highest BCUT2D eigenvalue weighted by molar-refractivity contribution is 7.92. The summed E-state index contributed by atoms with van der Waals surface area (Å²) in [5.74, 6) is -0.280. The molecule has 0 saturated carbocycles. The van der Waals surface area contributed by atoms with E-state index in [4.69, 9.17) is 0 Å². The van der Waals surface area contributed by atoms with Crippen LogP contribution in [-0.4, -0.2) is 33.2 Å². The van der Waals surface area contributed by atoms with E-state index in [-0.39, 0.29) is 18.5 Å². The van der Waals surface area contributed by atoms with E-state index < -0.39 is 10.0 Å². The number of nitrogens with zero attached hydrogens (tertiary/aromatic N) is 1. The minimum absolute atomic E-state index is 0.0775. The number of sulfonamides is 1. The zero-order valence-corrected chi connectivity index (χ0v) is 14.8. The van der Waals surface area contributed by atoms with Crippen LogP contribution in [0.5, 0.6) is 0 Å². The van der Waals surface area contributed by atoms with Crippen molar-refractivity contribution in [2.75, 3.05) is 17.1 Å². The van der Waals surface area contributed by atoms with E-state index in [2.05, 4.69) is 5.32 Å². The molecule has 0 unspecified atom stereocenters. The lowest BCUT2D eigenvalue weighted by molar-refractivity contribution is -0.120. The number of amides is 1. The minimum atomic E-state index is -3.52. The maximum absolute atomic E-state index is 12.1. The molecule has 22 heavy (non-hydrogen) atoms. The Balaban J connectivity index is 3.00. The molecular formula is C16H26N2O3S. The van der Waals surface area contributed by atoms with Crippen LogP contribution < -0.4 is 9.62 Å². The van der Waals surface area contributed by atoms with Gasteiger partial charge in [-0.3, -0.25) is 9.10 Å². The van der Waals surface area contributed by atoms with Gasteiger partial charge in [0.05, 0.1) is 11.9 Å². The predicted molar refractivity (Wildman–Crippen MR) is 90.6 cm³/mol. The zero-order chi connectivity index (χ0) is 16.9. The molecule has 0 aliphatic heterocycles. The summed E-state index contributed by atoms with van der Waals surface area (Å²) in [7, 11) is -3.52. The number of anilines is 1. The van der Waals surface area contributed by atoms with Gasteiger partial charge in [0.15, 0.2) is 0 Å². The summed E-state index contributed by atoms with van der Waals surface area (Å²) < 4.78 is 25.2. The van der Waals surface area contributed by atoms with E-state index >= 15 is 0 Å². The van der Waals surface area contributed by atoms with Crippen LogP contribution in [0.3, 0.4) is 0 Å². The number of nitrogens with one attached hydrogen (secondary N) is 1. The van der Waals surface area contributed by atoms with Crippen molar-refractivity contribution in [3.05, 3.63) is 29.3 Å². The summed E-state index contributed by atoms with van der Waals surface area (Å²) in [6.07, 6.45) is 2.77. The molecule has 5 nitrogen and oxygen atoms in total. The van der Waals surface area contributed by atoms with Gasteiger partial charge in [-0.15, -0.1) is 0 Å². The van der Waals surface area contributed by atoms with Gasteiger partial charge >= 0.3 is 0 Å². The quantitative estimate of drug-likeness (QED) is 0.836. The average Bonchev–Trinajstić information content (AvgIpc) is 2.44. The van der Waals surface area contributed by atoms with Crippen LogP contribution >= 0.6 is 0 Å². The van der Waals surface area contributed by atoms with Crippen LogP contribution in [0.15, 0.2) is 18.2 Å². The lowest BCUT2D eigenvalue weighted by Crippen LogP contribution is -2.43. The third kappa shape index (κ3) is 5.02. The molecule has 6 heteroatoms. The fraction of sp³-hybridized carbons (Fsp3) is 0.562. The van der Waals surface area contributed by atoms with Crippen molar-refractivity contribution in [2.24, 2.45) is 0 Å². The van der Waals surface area contributed by atoms with Gasteiger partial charge in [-0.05, 0) is 49.9 Å². The van der Waals surface area contributed by atoms with Crippen molar-refractivity contribution >= 4 is 21.6 Å². The molecular weight excluding hydrogens is 300 g/mol. The summed E-state index contributed by atoms with van der Waals surface area (Å²) in [4.78, 5) is 12.1. The molecule has 1 aromatic carbocycles. The molecule has 0 radical (unpaired) electrons. The summed E-state index contributed by atoms with van der Waals surface area (Å²) in [5.41, 5.74) is 2.59. The molecule has 124 valence electrons. The molecule has 0 bridgehead atoms. The number of hydrogen-bond acceptors (Lipinski definition) is 3. The summed E-state index contributed by atoms with van der Waals surface area (Å²) in [6.45, 7) is 7.67. The van der Waals surface area contributed by atoms with Crippen LogP contribution in [0.2, 0.25) is 0 Å². The van der Waals surface area contributed by atoms with Crippen LogP contribution in [0.25, 0.3) is 0 Å². The topological polar surface area (TPSA) is 66.5 Å². The maximum Gasteiger partial charge on any atom is 0.240 e. The van der Waals surface area contributed by atoms with Gasteiger partial charge in [-0.1, -0.05) is 19.9 Å². The highest BCUT2D eigenvalue weighted by Gasteiger charge is 2.22. The number of carbonyl (C=O) groups excluding carboxylic acids is 1. The Morgan fingerprint density at radius 3 is 2.23 bits per heavy atom. The maximum atomic E-state index is 12.1. The number of hydrogen-bond donors (Lipinski definition) is 1. The van der Waals surface area contributed by atoms with Crippen molar-refractivity contribution in [1.82, 2.24) is 5.32 Å². The Hall–Kier alpha value is -1.56. The third-order valence-corrected chi connectivity index (χ3v) is 4.96. The molecule has 0 saturated heterocycles. The van der Waals surface area contributed by atoms with E-state index in [1.54, 1.807) is 12.1 Å². The standard InChI is InChI=1S/C16H26N2O3S/c1-6-14(7-2)17-16(19)11-18(22(5,20)21)15-9-8-12(3)13(4)10-15/h8-10,14H,6-7,11H2,1-5H3,(H,17,19). The number of benzene rings is 1. The molecule has 0 spiro atoms. The zero-order valence-electron chi connectivity index (χ0n) is 14.0. The van der Waals surface area contributed by atoms with E-state index in [9.17, 15) is 13.2 Å². The van der Waals surface area contributed by atoms with E-state index in [0.717, 1.165) is 34.5 Å². The molecule has 0 fully saturated rings. The molecule has 1 rings (SSSR count). The first-order valence-electron chi connectivity index (χ1n) is 7.53. The molecule has 0 aromatic heterocycles. The van der Waals surface area contributed by atoms with Gasteiger partial charge in [0.2, 0.25) is 15.9 Å². The molecule has 0 aliphatic rings. The summed E-state index contributed by atoms with van der Waals surface area (Å²) in [6, 6.07) is 5.46. The van der Waals surface area contributed by atoms with Crippen molar-refractivity contribution in [3.8, 4) is 0 Å². The van der Waals surface area contributed by atoms with Gasteiger partial charge in [0.1, 0.15) is 6.54 Å². The van der Waals surface area contributed by atoms with Gasteiger partial charge in [-0.2, -0.15) is 0 Å².